The van der Waals surface area contributed by atoms with E-state index < -0.39 is 20.0 Å². The molecule has 9 heteroatoms. The van der Waals surface area contributed by atoms with Crippen molar-refractivity contribution in [2.24, 2.45) is 0 Å². The van der Waals surface area contributed by atoms with Crippen LogP contribution in [0.2, 0.25) is 5.02 Å². The first-order chi connectivity index (χ1) is 11.3. The van der Waals surface area contributed by atoms with Gasteiger partial charge in [-0.3, -0.25) is 4.72 Å². The van der Waals surface area contributed by atoms with Crippen molar-refractivity contribution in [1.82, 2.24) is 4.72 Å². The first-order valence-corrected chi connectivity index (χ1v) is 10.5. The lowest BCUT2D eigenvalue weighted by Gasteiger charge is -2.10. The molecule has 0 bridgehead atoms. The quantitative estimate of drug-likeness (QED) is 0.798. The molecule has 0 aliphatic heterocycles. The minimum absolute atomic E-state index is 0.0102. The SMILES string of the molecule is O=S(=O)(Nc1ccc(S(=O)(=O)NC2CC2)cc1)c1cccc(Cl)c1. The molecule has 3 rings (SSSR count). The number of sulfonamides is 2. The summed E-state index contributed by atoms with van der Waals surface area (Å²) in [4.78, 5) is 0.127. The molecule has 2 aromatic carbocycles. The van der Waals surface area contributed by atoms with Gasteiger partial charge < -0.3 is 0 Å². The number of anilines is 1. The van der Waals surface area contributed by atoms with Gasteiger partial charge in [-0.1, -0.05) is 17.7 Å². The van der Waals surface area contributed by atoms with Gasteiger partial charge >= 0.3 is 0 Å². The van der Waals surface area contributed by atoms with E-state index in [1.165, 1.54) is 42.5 Å². The third-order valence-electron chi connectivity index (χ3n) is 3.42. The molecule has 0 atom stereocenters. The highest BCUT2D eigenvalue weighted by Crippen LogP contribution is 2.24. The van der Waals surface area contributed by atoms with Crippen LogP contribution in [0, 0.1) is 0 Å². The standard InChI is InChI=1S/C15H15ClN2O4S2/c16-11-2-1-3-15(10-11)24(21,22)18-13-6-8-14(9-7-13)23(19,20)17-12-4-5-12/h1-3,6-10,12,17-18H,4-5H2. The summed E-state index contributed by atoms with van der Waals surface area (Å²) in [6.07, 6.45) is 1.69. The van der Waals surface area contributed by atoms with Crippen LogP contribution in [0.25, 0.3) is 0 Å². The Bertz CT molecular complexity index is 953. The second-order valence-corrected chi connectivity index (χ2v) is 9.32. The fourth-order valence-corrected chi connectivity index (χ4v) is 4.70. The molecule has 1 aliphatic carbocycles. The smallest absolute Gasteiger partial charge is 0.261 e. The molecule has 0 aromatic heterocycles. The molecular formula is C15H15ClN2O4S2. The van der Waals surface area contributed by atoms with Crippen molar-refractivity contribution in [2.75, 3.05) is 4.72 Å². The number of hydrogen-bond donors (Lipinski definition) is 2. The van der Waals surface area contributed by atoms with Crippen molar-refractivity contribution in [3.8, 4) is 0 Å². The van der Waals surface area contributed by atoms with Crippen molar-refractivity contribution < 1.29 is 16.8 Å². The van der Waals surface area contributed by atoms with E-state index >= 15 is 0 Å². The lowest BCUT2D eigenvalue weighted by Crippen LogP contribution is -2.25. The number of benzene rings is 2. The highest BCUT2D eigenvalue weighted by atomic mass is 35.5. The van der Waals surface area contributed by atoms with Gasteiger partial charge in [0.2, 0.25) is 10.0 Å². The summed E-state index contributed by atoms with van der Waals surface area (Å²) in [7, 11) is -7.35. The Labute approximate surface area is 146 Å². The Balaban J connectivity index is 1.78. The lowest BCUT2D eigenvalue weighted by molar-refractivity contribution is 0.581. The molecule has 0 amide bonds. The molecule has 2 N–H and O–H groups in total. The van der Waals surface area contributed by atoms with E-state index in [1.54, 1.807) is 6.07 Å². The van der Waals surface area contributed by atoms with Gasteiger partial charge in [-0.2, -0.15) is 0 Å². The van der Waals surface area contributed by atoms with Gasteiger partial charge in [0.05, 0.1) is 9.79 Å². The number of nitrogens with one attached hydrogen (secondary N) is 2. The second kappa shape index (κ2) is 6.36. The maximum absolute atomic E-state index is 12.3. The Morgan fingerprint density at radius 3 is 2.12 bits per heavy atom. The fraction of sp³-hybridized carbons (Fsp3) is 0.200. The molecule has 1 fully saturated rings. The summed E-state index contributed by atoms with van der Waals surface area (Å²) < 4.78 is 53.7. The monoisotopic (exact) mass is 386 g/mol. The van der Waals surface area contributed by atoms with Gasteiger partial charge in [0.15, 0.2) is 0 Å². The summed E-state index contributed by atoms with van der Waals surface area (Å²) in [5, 5.41) is 0.311. The van der Waals surface area contributed by atoms with E-state index in [1.807, 2.05) is 0 Å². The number of rotatable bonds is 6. The van der Waals surface area contributed by atoms with Crippen LogP contribution in [-0.4, -0.2) is 22.9 Å². The van der Waals surface area contributed by atoms with Crippen molar-refractivity contribution in [3.63, 3.8) is 0 Å². The molecule has 24 heavy (non-hydrogen) atoms. The van der Waals surface area contributed by atoms with Gasteiger partial charge in [0.1, 0.15) is 0 Å². The average molecular weight is 387 g/mol. The van der Waals surface area contributed by atoms with Gasteiger partial charge in [-0.05, 0) is 55.3 Å². The summed E-state index contributed by atoms with van der Waals surface area (Å²) in [5.74, 6) is 0. The first-order valence-electron chi connectivity index (χ1n) is 7.17. The van der Waals surface area contributed by atoms with E-state index in [2.05, 4.69) is 9.44 Å². The highest BCUT2D eigenvalue weighted by Gasteiger charge is 2.27. The zero-order chi connectivity index (χ0) is 17.4. The zero-order valence-corrected chi connectivity index (χ0v) is 14.8. The van der Waals surface area contributed by atoms with Crippen molar-refractivity contribution in [1.29, 1.82) is 0 Å². The lowest BCUT2D eigenvalue weighted by atomic mass is 10.3. The molecule has 1 saturated carbocycles. The van der Waals surface area contributed by atoms with Crippen LogP contribution < -0.4 is 9.44 Å². The van der Waals surface area contributed by atoms with Crippen molar-refractivity contribution in [2.45, 2.75) is 28.7 Å². The Kier molecular flexibility index (Phi) is 4.56. The fourth-order valence-electron chi connectivity index (χ4n) is 2.04. The van der Waals surface area contributed by atoms with Gasteiger partial charge in [0.25, 0.3) is 10.0 Å². The van der Waals surface area contributed by atoms with Crippen molar-refractivity contribution >= 4 is 37.3 Å². The average Bonchev–Trinajstić information content (AvgIpc) is 3.31. The molecule has 128 valence electrons. The zero-order valence-electron chi connectivity index (χ0n) is 12.4. The molecule has 6 nitrogen and oxygen atoms in total. The summed E-state index contributed by atoms with van der Waals surface area (Å²) in [5.41, 5.74) is 0.264. The van der Waals surface area contributed by atoms with Crippen LogP contribution in [0.1, 0.15) is 12.8 Å². The van der Waals surface area contributed by atoms with E-state index in [0.717, 1.165) is 12.8 Å². The minimum atomic E-state index is -3.79. The van der Waals surface area contributed by atoms with Crippen LogP contribution in [0.5, 0.6) is 0 Å². The van der Waals surface area contributed by atoms with Crippen LogP contribution in [0.15, 0.2) is 58.3 Å². The molecule has 1 aliphatic rings. The third kappa shape index (κ3) is 4.07. The van der Waals surface area contributed by atoms with Crippen LogP contribution in [0.3, 0.4) is 0 Å². The largest absolute Gasteiger partial charge is 0.280 e. The number of halogens is 1. The van der Waals surface area contributed by atoms with E-state index in [4.69, 9.17) is 11.6 Å². The Morgan fingerprint density at radius 2 is 1.54 bits per heavy atom. The Morgan fingerprint density at radius 1 is 0.875 bits per heavy atom. The minimum Gasteiger partial charge on any atom is -0.280 e. The molecule has 2 aromatic rings. The molecule has 0 spiro atoms. The summed E-state index contributed by atoms with van der Waals surface area (Å²) in [6, 6.07) is 11.4. The van der Waals surface area contributed by atoms with E-state index in [0.29, 0.717) is 5.02 Å². The normalized spacial score (nSPS) is 15.2. The van der Waals surface area contributed by atoms with Gasteiger partial charge in [-0.15, -0.1) is 0 Å². The molecular weight excluding hydrogens is 372 g/mol. The topological polar surface area (TPSA) is 92.3 Å². The predicted octanol–water partition coefficient (Wildman–Crippen LogP) is 2.58. The maximum atomic E-state index is 12.3. The maximum Gasteiger partial charge on any atom is 0.261 e. The molecule has 0 radical (unpaired) electrons. The molecule has 0 heterocycles. The van der Waals surface area contributed by atoms with E-state index in [9.17, 15) is 16.8 Å². The van der Waals surface area contributed by atoms with Gasteiger partial charge in [-0.25, -0.2) is 21.6 Å². The first kappa shape index (κ1) is 17.2. The highest BCUT2D eigenvalue weighted by molar-refractivity contribution is 7.92. The number of hydrogen-bond acceptors (Lipinski definition) is 4. The van der Waals surface area contributed by atoms with Crippen LogP contribution in [0.4, 0.5) is 5.69 Å². The van der Waals surface area contributed by atoms with E-state index in [-0.39, 0.29) is 21.5 Å². The van der Waals surface area contributed by atoms with Crippen LogP contribution >= 0.6 is 11.6 Å². The summed E-state index contributed by atoms with van der Waals surface area (Å²) >= 11 is 5.81. The predicted molar refractivity (Wildman–Crippen MR) is 92.0 cm³/mol. The molecule has 0 saturated heterocycles. The Hall–Kier alpha value is -1.61. The van der Waals surface area contributed by atoms with Crippen LogP contribution in [-0.2, 0) is 20.0 Å². The van der Waals surface area contributed by atoms with Crippen molar-refractivity contribution in [3.05, 3.63) is 53.6 Å². The molecule has 0 unspecified atom stereocenters. The van der Waals surface area contributed by atoms with Gasteiger partial charge in [0, 0.05) is 16.8 Å². The summed E-state index contributed by atoms with van der Waals surface area (Å²) in [6.45, 7) is 0. The third-order valence-corrected chi connectivity index (χ3v) is 6.57. The second-order valence-electron chi connectivity index (χ2n) is 5.48.